The van der Waals surface area contributed by atoms with Crippen molar-refractivity contribution in [2.75, 3.05) is 12.8 Å². The van der Waals surface area contributed by atoms with Gasteiger partial charge in [-0.2, -0.15) is 0 Å². The Morgan fingerprint density at radius 3 is 2.85 bits per heavy atom. The molecule has 1 unspecified atom stereocenters. The van der Waals surface area contributed by atoms with Gasteiger partial charge in [0.25, 0.3) is 0 Å². The summed E-state index contributed by atoms with van der Waals surface area (Å²) in [4.78, 5) is 12.5. The van der Waals surface area contributed by atoms with Gasteiger partial charge in [0, 0.05) is 4.90 Å². The topological polar surface area (TPSA) is 49.3 Å². The van der Waals surface area contributed by atoms with Crippen molar-refractivity contribution in [3.8, 4) is 0 Å². The lowest BCUT2D eigenvalue weighted by Crippen LogP contribution is -2.47. The molecule has 4 heteroatoms. The highest BCUT2D eigenvalue weighted by atomic mass is 32.2. The number of carboxylic acid groups (broad SMARTS) is 1. The molecular formula is C16H23NO2S. The van der Waals surface area contributed by atoms with E-state index in [1.807, 2.05) is 11.8 Å². The molecule has 3 nitrogen and oxygen atoms in total. The highest BCUT2D eigenvalue weighted by Crippen LogP contribution is 2.28. The number of rotatable bonds is 7. The summed E-state index contributed by atoms with van der Waals surface area (Å²) in [6, 6.07) is 6.75. The first-order valence-electron chi connectivity index (χ1n) is 7.22. The zero-order valence-electron chi connectivity index (χ0n) is 12.2. The van der Waals surface area contributed by atoms with E-state index in [-0.39, 0.29) is 0 Å². The summed E-state index contributed by atoms with van der Waals surface area (Å²) in [7, 11) is 1.71. The lowest BCUT2D eigenvalue weighted by molar-refractivity contribution is -0.144. The molecule has 0 heterocycles. The van der Waals surface area contributed by atoms with Crippen molar-refractivity contribution in [2.24, 2.45) is 0 Å². The Morgan fingerprint density at radius 2 is 2.15 bits per heavy atom. The standard InChI is InChI=1S/C16H23NO2S/c1-16(17-2,15(18)19)9-4-10-20-14-8-7-12-5-3-6-13(12)11-14/h7-8,11,17H,3-6,9-10H2,1-2H3,(H,18,19). The fourth-order valence-electron chi connectivity index (χ4n) is 2.59. The van der Waals surface area contributed by atoms with Crippen molar-refractivity contribution in [2.45, 2.75) is 49.5 Å². The highest BCUT2D eigenvalue weighted by molar-refractivity contribution is 7.99. The largest absolute Gasteiger partial charge is 0.480 e. The van der Waals surface area contributed by atoms with Crippen molar-refractivity contribution in [3.05, 3.63) is 29.3 Å². The second kappa shape index (κ2) is 6.64. The van der Waals surface area contributed by atoms with E-state index >= 15 is 0 Å². The average Bonchev–Trinajstić information content (AvgIpc) is 2.90. The maximum Gasteiger partial charge on any atom is 0.323 e. The Labute approximate surface area is 125 Å². The fraction of sp³-hybridized carbons (Fsp3) is 0.562. The Balaban J connectivity index is 1.80. The van der Waals surface area contributed by atoms with Gasteiger partial charge in [-0.1, -0.05) is 6.07 Å². The van der Waals surface area contributed by atoms with Crippen LogP contribution in [0.25, 0.3) is 0 Å². The van der Waals surface area contributed by atoms with Crippen LogP contribution in [0.5, 0.6) is 0 Å². The third-order valence-corrected chi connectivity index (χ3v) is 5.26. The molecular weight excluding hydrogens is 270 g/mol. The summed E-state index contributed by atoms with van der Waals surface area (Å²) in [5.74, 6) is 0.186. The van der Waals surface area contributed by atoms with E-state index in [1.165, 1.54) is 35.3 Å². The van der Waals surface area contributed by atoms with Crippen LogP contribution in [0.3, 0.4) is 0 Å². The average molecular weight is 293 g/mol. The van der Waals surface area contributed by atoms with Gasteiger partial charge < -0.3 is 10.4 Å². The number of aliphatic carboxylic acids is 1. The van der Waals surface area contributed by atoms with Crippen LogP contribution < -0.4 is 5.32 Å². The Hall–Kier alpha value is -1.00. The van der Waals surface area contributed by atoms with Gasteiger partial charge >= 0.3 is 5.97 Å². The first kappa shape index (κ1) is 15.4. The minimum Gasteiger partial charge on any atom is -0.480 e. The number of fused-ring (bicyclic) bond motifs is 1. The second-order valence-corrected chi connectivity index (χ2v) is 6.79. The molecule has 0 radical (unpaired) electrons. The van der Waals surface area contributed by atoms with Crippen LogP contribution in [0, 0.1) is 0 Å². The summed E-state index contributed by atoms with van der Waals surface area (Å²) >= 11 is 1.83. The van der Waals surface area contributed by atoms with Crippen LogP contribution in [0.4, 0.5) is 0 Å². The fourth-order valence-corrected chi connectivity index (χ4v) is 3.51. The SMILES string of the molecule is CNC(C)(CCCSc1ccc2c(c1)CCC2)C(=O)O. The van der Waals surface area contributed by atoms with Gasteiger partial charge in [-0.25, -0.2) is 0 Å². The molecule has 0 bridgehead atoms. The smallest absolute Gasteiger partial charge is 0.323 e. The van der Waals surface area contributed by atoms with E-state index in [1.54, 1.807) is 14.0 Å². The van der Waals surface area contributed by atoms with Gasteiger partial charge in [0.2, 0.25) is 0 Å². The third kappa shape index (κ3) is 3.55. The molecule has 1 aliphatic carbocycles. The number of likely N-dealkylation sites (N-methyl/N-ethyl adjacent to an activating group) is 1. The molecule has 0 saturated heterocycles. The van der Waals surface area contributed by atoms with Crippen molar-refractivity contribution >= 4 is 17.7 Å². The molecule has 2 N–H and O–H groups in total. The highest BCUT2D eigenvalue weighted by Gasteiger charge is 2.30. The van der Waals surface area contributed by atoms with E-state index in [2.05, 4.69) is 23.5 Å². The number of hydrogen-bond acceptors (Lipinski definition) is 3. The van der Waals surface area contributed by atoms with E-state index in [4.69, 9.17) is 0 Å². The molecule has 20 heavy (non-hydrogen) atoms. The molecule has 1 atom stereocenters. The Bertz CT molecular complexity index is 489. The summed E-state index contributed by atoms with van der Waals surface area (Å²) in [6.45, 7) is 1.75. The van der Waals surface area contributed by atoms with Crippen molar-refractivity contribution in [1.29, 1.82) is 0 Å². The van der Waals surface area contributed by atoms with Crippen molar-refractivity contribution < 1.29 is 9.90 Å². The molecule has 0 amide bonds. The number of hydrogen-bond donors (Lipinski definition) is 2. The molecule has 0 spiro atoms. The van der Waals surface area contributed by atoms with Crippen LogP contribution in [-0.2, 0) is 17.6 Å². The summed E-state index contributed by atoms with van der Waals surface area (Å²) in [6.07, 6.45) is 5.25. The first-order chi connectivity index (χ1) is 9.55. The van der Waals surface area contributed by atoms with Crippen molar-refractivity contribution in [3.63, 3.8) is 0 Å². The number of benzene rings is 1. The van der Waals surface area contributed by atoms with Gasteiger partial charge in [0.1, 0.15) is 5.54 Å². The zero-order chi connectivity index (χ0) is 14.6. The normalized spacial score (nSPS) is 16.7. The number of nitrogens with one attached hydrogen (secondary N) is 1. The minimum atomic E-state index is -0.807. The number of carbonyl (C=O) groups is 1. The van der Waals surface area contributed by atoms with Gasteiger partial charge in [0.05, 0.1) is 0 Å². The summed E-state index contributed by atoms with van der Waals surface area (Å²) < 4.78 is 0. The molecule has 1 aliphatic rings. The Morgan fingerprint density at radius 1 is 1.40 bits per heavy atom. The van der Waals surface area contributed by atoms with Crippen molar-refractivity contribution in [1.82, 2.24) is 5.32 Å². The lowest BCUT2D eigenvalue weighted by atomic mass is 9.97. The molecule has 110 valence electrons. The Kier molecular flexibility index (Phi) is 5.11. The van der Waals surface area contributed by atoms with Gasteiger partial charge in [-0.05, 0) is 75.1 Å². The number of thioether (sulfide) groups is 1. The number of carboxylic acids is 1. The monoisotopic (exact) mass is 293 g/mol. The summed E-state index contributed by atoms with van der Waals surface area (Å²) in [5.41, 5.74) is 2.20. The first-order valence-corrected chi connectivity index (χ1v) is 8.20. The van der Waals surface area contributed by atoms with E-state index < -0.39 is 11.5 Å². The van der Waals surface area contributed by atoms with E-state index in [9.17, 15) is 9.90 Å². The van der Waals surface area contributed by atoms with Gasteiger partial charge in [-0.15, -0.1) is 11.8 Å². The summed E-state index contributed by atoms with van der Waals surface area (Å²) in [5, 5.41) is 12.1. The minimum absolute atomic E-state index is 0.650. The predicted molar refractivity (Wildman–Crippen MR) is 83.5 cm³/mol. The third-order valence-electron chi connectivity index (χ3n) is 4.18. The lowest BCUT2D eigenvalue weighted by Gasteiger charge is -2.23. The molecule has 1 aromatic carbocycles. The van der Waals surface area contributed by atoms with Crippen LogP contribution in [0.15, 0.2) is 23.1 Å². The molecule has 0 fully saturated rings. The molecule has 0 aromatic heterocycles. The predicted octanol–water partition coefficient (Wildman–Crippen LogP) is 3.11. The molecule has 0 aliphatic heterocycles. The molecule has 2 rings (SSSR count). The molecule has 1 aromatic rings. The van der Waals surface area contributed by atoms with Gasteiger partial charge in [-0.3, -0.25) is 4.79 Å². The van der Waals surface area contributed by atoms with Crippen LogP contribution >= 0.6 is 11.8 Å². The maximum atomic E-state index is 11.2. The van der Waals surface area contributed by atoms with Crippen LogP contribution in [0.2, 0.25) is 0 Å². The number of aryl methyl sites for hydroxylation is 2. The van der Waals surface area contributed by atoms with Crippen LogP contribution in [-0.4, -0.2) is 29.4 Å². The van der Waals surface area contributed by atoms with Crippen LogP contribution in [0.1, 0.15) is 37.3 Å². The van der Waals surface area contributed by atoms with E-state index in [0.717, 1.165) is 12.2 Å². The maximum absolute atomic E-state index is 11.2. The molecule has 0 saturated carbocycles. The van der Waals surface area contributed by atoms with E-state index in [0.29, 0.717) is 6.42 Å². The second-order valence-electron chi connectivity index (χ2n) is 5.62. The quantitative estimate of drug-likeness (QED) is 0.599. The zero-order valence-corrected chi connectivity index (χ0v) is 13.1. The van der Waals surface area contributed by atoms with Gasteiger partial charge in [0.15, 0.2) is 0 Å².